The summed E-state index contributed by atoms with van der Waals surface area (Å²) in [5, 5.41) is 31.8. The van der Waals surface area contributed by atoms with E-state index in [2.05, 4.69) is 15.5 Å². The van der Waals surface area contributed by atoms with Gasteiger partial charge in [-0.25, -0.2) is 13.6 Å². The first-order valence-corrected chi connectivity index (χ1v) is 18.7. The van der Waals surface area contributed by atoms with Crippen molar-refractivity contribution in [1.29, 1.82) is 5.26 Å². The number of rotatable bonds is 10. The normalized spacial score (nSPS) is 10.9. The number of nitriles is 1. The van der Waals surface area contributed by atoms with Gasteiger partial charge in [0.2, 0.25) is 0 Å². The number of fused-ring (bicyclic) bond motifs is 2. The number of benzene rings is 6. The summed E-state index contributed by atoms with van der Waals surface area (Å²) in [6.45, 7) is 1.22. The Morgan fingerprint density at radius 1 is 0.672 bits per heavy atom. The monoisotopic (exact) mass is 812 g/mol. The number of nitrogens with zero attached hydrogens (tertiary/aromatic N) is 5. The van der Waals surface area contributed by atoms with Gasteiger partial charge in [0.15, 0.2) is 0 Å². The van der Waals surface area contributed by atoms with E-state index in [9.17, 15) is 23.5 Å². The lowest BCUT2D eigenvalue weighted by Crippen LogP contribution is -2.24. The Labute approximate surface area is 341 Å². The van der Waals surface area contributed by atoms with Crippen molar-refractivity contribution in [3.8, 4) is 28.3 Å². The fraction of sp³-hybridized carbons (Fsp3) is 0.0889. The molecule has 8 aromatic rings. The molecule has 288 valence electrons. The van der Waals surface area contributed by atoms with Gasteiger partial charge in [-0.3, -0.25) is 14.2 Å². The van der Waals surface area contributed by atoms with Crippen LogP contribution in [0.15, 0.2) is 134 Å². The zero-order valence-electron chi connectivity index (χ0n) is 30.5. The van der Waals surface area contributed by atoms with Gasteiger partial charge < -0.3 is 10.4 Å². The van der Waals surface area contributed by atoms with Crippen molar-refractivity contribution >= 4 is 56.9 Å². The number of halogens is 4. The Balaban J connectivity index is 0.000000178. The summed E-state index contributed by atoms with van der Waals surface area (Å²) >= 11 is 11.7. The number of nitrogens with one attached hydrogen (secondary N) is 1. The minimum Gasteiger partial charge on any atom is -0.478 e. The first-order valence-electron chi connectivity index (χ1n) is 18.0. The van der Waals surface area contributed by atoms with E-state index in [4.69, 9.17) is 28.5 Å². The van der Waals surface area contributed by atoms with E-state index in [1.807, 2.05) is 79.1 Å². The van der Waals surface area contributed by atoms with Crippen LogP contribution in [-0.2, 0) is 13.1 Å². The van der Waals surface area contributed by atoms with Crippen LogP contribution in [-0.4, -0.2) is 43.1 Å². The molecule has 9 nitrogen and oxygen atoms in total. The lowest BCUT2D eigenvalue weighted by Gasteiger charge is -2.07. The van der Waals surface area contributed by atoms with Crippen molar-refractivity contribution in [2.45, 2.75) is 19.5 Å². The van der Waals surface area contributed by atoms with E-state index >= 15 is 0 Å². The third kappa shape index (κ3) is 9.05. The Morgan fingerprint density at radius 3 is 1.64 bits per heavy atom. The smallest absolute Gasteiger partial charge is 0.335 e. The second-order valence-corrected chi connectivity index (χ2v) is 14.1. The van der Waals surface area contributed by atoms with E-state index in [0.29, 0.717) is 25.2 Å². The van der Waals surface area contributed by atoms with E-state index in [1.54, 1.807) is 57.9 Å². The molecular formula is C45H32Cl2F2N6O3. The highest BCUT2D eigenvalue weighted by atomic mass is 35.5. The van der Waals surface area contributed by atoms with Gasteiger partial charge in [-0.05, 0) is 94.0 Å². The third-order valence-electron chi connectivity index (χ3n) is 9.23. The molecule has 0 aliphatic rings. The molecular weight excluding hydrogens is 781 g/mol. The van der Waals surface area contributed by atoms with E-state index in [1.165, 1.54) is 12.1 Å². The number of amides is 1. The van der Waals surface area contributed by atoms with Gasteiger partial charge in [0, 0.05) is 35.3 Å². The van der Waals surface area contributed by atoms with Crippen molar-refractivity contribution in [3.05, 3.63) is 178 Å². The number of hydrogen-bond acceptors (Lipinski definition) is 5. The second-order valence-electron chi connectivity index (χ2n) is 13.3. The van der Waals surface area contributed by atoms with Crippen molar-refractivity contribution in [2.24, 2.45) is 0 Å². The molecule has 0 spiro atoms. The third-order valence-corrected chi connectivity index (χ3v) is 9.81. The maximum atomic E-state index is 13.4. The highest BCUT2D eigenvalue weighted by Crippen LogP contribution is 2.31. The first-order chi connectivity index (χ1) is 28.1. The number of aromatic nitrogens is 4. The summed E-state index contributed by atoms with van der Waals surface area (Å²) in [6.07, 6.45) is 4.10. The van der Waals surface area contributed by atoms with E-state index < -0.39 is 17.6 Å². The molecule has 0 atom stereocenters. The van der Waals surface area contributed by atoms with Crippen LogP contribution in [0, 0.1) is 23.0 Å². The highest BCUT2D eigenvalue weighted by molar-refractivity contribution is 6.31. The van der Waals surface area contributed by atoms with E-state index in [-0.39, 0.29) is 27.9 Å². The van der Waals surface area contributed by atoms with Crippen molar-refractivity contribution in [3.63, 3.8) is 0 Å². The Morgan fingerprint density at radius 2 is 1.16 bits per heavy atom. The number of carbonyl (C=O) groups is 2. The molecule has 0 radical (unpaired) electrons. The summed E-state index contributed by atoms with van der Waals surface area (Å²) in [5.74, 6) is -2.08. The van der Waals surface area contributed by atoms with Gasteiger partial charge in [-0.15, -0.1) is 0 Å². The standard InChI is InChI=1S/C24H18ClFN4O.C21H14ClFN2O2/c25-21-12-16(8-9-22(21)26)14-30-15-20-19(6-2-7-23(20)29-30)17-4-1-5-18(13-17)24(31)28-11-3-10-27;22-18-9-13(7-8-19(18)23)11-25-12-17-16(5-2-6-20(17)24-25)14-3-1-4-15(10-14)21(26)27/h1-2,4-9,12-13,15H,3,11,14H2,(H,28,31);1-10,12H,11H2,(H,26,27). The molecule has 2 aromatic heterocycles. The predicted molar refractivity (Wildman–Crippen MR) is 221 cm³/mol. The molecule has 0 aliphatic heterocycles. The maximum absolute atomic E-state index is 13.4. The lowest BCUT2D eigenvalue weighted by molar-refractivity contribution is 0.0696. The molecule has 0 fully saturated rings. The fourth-order valence-electron chi connectivity index (χ4n) is 6.48. The number of aromatic carboxylic acids is 1. The van der Waals surface area contributed by atoms with Crippen LogP contribution < -0.4 is 5.32 Å². The highest BCUT2D eigenvalue weighted by Gasteiger charge is 2.13. The number of carboxylic acid groups (broad SMARTS) is 1. The van der Waals surface area contributed by atoms with Gasteiger partial charge in [-0.1, -0.05) is 83.9 Å². The van der Waals surface area contributed by atoms with Crippen LogP contribution in [0.2, 0.25) is 10.0 Å². The van der Waals surface area contributed by atoms with Gasteiger partial charge in [0.25, 0.3) is 5.91 Å². The van der Waals surface area contributed by atoms with Crippen LogP contribution in [0.25, 0.3) is 44.1 Å². The molecule has 6 aromatic carbocycles. The van der Waals surface area contributed by atoms with Crippen molar-refractivity contribution in [1.82, 2.24) is 24.9 Å². The van der Waals surface area contributed by atoms with Crippen LogP contribution in [0.3, 0.4) is 0 Å². The summed E-state index contributed by atoms with van der Waals surface area (Å²) < 4.78 is 30.3. The molecule has 58 heavy (non-hydrogen) atoms. The SMILES string of the molecule is N#CCCNC(=O)c1cccc(-c2cccc3nn(Cc4ccc(F)c(Cl)c4)cc23)c1.O=C(O)c1cccc(-c2cccc3nn(Cc4ccc(F)c(Cl)c4)cc23)c1. The largest absolute Gasteiger partial charge is 0.478 e. The van der Waals surface area contributed by atoms with Crippen LogP contribution in [0.1, 0.15) is 38.3 Å². The molecule has 1 amide bonds. The van der Waals surface area contributed by atoms with Gasteiger partial charge in [0.1, 0.15) is 11.6 Å². The molecule has 0 saturated carbocycles. The predicted octanol–water partition coefficient (Wildman–Crippen LogP) is 10.4. The Kier molecular flexibility index (Phi) is 11.9. The van der Waals surface area contributed by atoms with Gasteiger partial charge >= 0.3 is 5.97 Å². The lowest BCUT2D eigenvalue weighted by atomic mass is 10.00. The molecule has 0 bridgehead atoms. The first kappa shape index (κ1) is 39.4. The molecule has 2 heterocycles. The number of carboxylic acids is 1. The average Bonchev–Trinajstić information content (AvgIpc) is 3.84. The van der Waals surface area contributed by atoms with Gasteiger partial charge in [0.05, 0.1) is 52.2 Å². The molecule has 2 N–H and O–H groups in total. The quantitative estimate of drug-likeness (QED) is 0.132. The summed E-state index contributed by atoms with van der Waals surface area (Å²) in [4.78, 5) is 23.6. The van der Waals surface area contributed by atoms with Crippen molar-refractivity contribution < 1.29 is 23.5 Å². The minimum atomic E-state index is -0.965. The molecule has 8 rings (SSSR count). The topological polar surface area (TPSA) is 126 Å². The molecule has 0 unspecified atom stereocenters. The van der Waals surface area contributed by atoms with Crippen LogP contribution in [0.4, 0.5) is 8.78 Å². The second kappa shape index (κ2) is 17.5. The van der Waals surface area contributed by atoms with Crippen LogP contribution in [0.5, 0.6) is 0 Å². The Hall–Kier alpha value is -6.87. The fourth-order valence-corrected chi connectivity index (χ4v) is 6.89. The summed E-state index contributed by atoms with van der Waals surface area (Å²) in [6, 6.07) is 36.9. The Bertz CT molecular complexity index is 2870. The number of carbonyl (C=O) groups excluding carboxylic acids is 1. The number of hydrogen-bond donors (Lipinski definition) is 2. The van der Waals surface area contributed by atoms with Crippen LogP contribution >= 0.6 is 23.2 Å². The zero-order chi connectivity index (χ0) is 40.8. The summed E-state index contributed by atoms with van der Waals surface area (Å²) in [7, 11) is 0. The summed E-state index contributed by atoms with van der Waals surface area (Å²) in [5.41, 5.74) is 7.61. The van der Waals surface area contributed by atoms with Gasteiger partial charge in [-0.2, -0.15) is 15.5 Å². The molecule has 13 heteroatoms. The van der Waals surface area contributed by atoms with E-state index in [0.717, 1.165) is 55.2 Å². The molecule has 0 aliphatic carbocycles. The average molecular weight is 814 g/mol. The zero-order valence-corrected chi connectivity index (χ0v) is 32.1. The minimum absolute atomic E-state index is 0.0791. The maximum Gasteiger partial charge on any atom is 0.335 e. The van der Waals surface area contributed by atoms with Crippen molar-refractivity contribution in [2.75, 3.05) is 6.54 Å². The molecule has 0 saturated heterocycles.